The molecule has 0 saturated heterocycles. The average molecular weight is 340 g/mol. The average Bonchev–Trinajstić information content (AvgIpc) is 2.45. The Morgan fingerprint density at radius 1 is 1.33 bits per heavy atom. The number of anilines is 1. The van der Waals surface area contributed by atoms with E-state index in [0.717, 1.165) is 12.1 Å². The van der Waals surface area contributed by atoms with E-state index in [4.69, 9.17) is 5.41 Å². The molecule has 9 heteroatoms. The minimum absolute atomic E-state index is 0.0175. The van der Waals surface area contributed by atoms with Crippen molar-refractivity contribution in [3.05, 3.63) is 51.3 Å². The summed E-state index contributed by atoms with van der Waals surface area (Å²) in [6.45, 7) is 3.04. The van der Waals surface area contributed by atoms with E-state index >= 15 is 0 Å². The van der Waals surface area contributed by atoms with Gasteiger partial charge in [-0.15, -0.1) is 0 Å². The quantitative estimate of drug-likeness (QED) is 0.643. The molecule has 0 saturated carbocycles. The molecule has 2 aromatic rings. The maximum atomic E-state index is 12.6. The van der Waals surface area contributed by atoms with Crippen LogP contribution in [-0.4, -0.2) is 20.8 Å². The van der Waals surface area contributed by atoms with Gasteiger partial charge in [0.25, 0.3) is 11.6 Å². The van der Waals surface area contributed by atoms with Gasteiger partial charge in [-0.1, -0.05) is 12.1 Å². The van der Waals surface area contributed by atoms with Gasteiger partial charge in [-0.25, -0.2) is 0 Å². The summed E-state index contributed by atoms with van der Waals surface area (Å²) in [5.74, 6) is -0.0175. The van der Waals surface area contributed by atoms with Gasteiger partial charge in [-0.05, 0) is 31.5 Å². The summed E-state index contributed by atoms with van der Waals surface area (Å²) < 4.78 is 37.7. The second-order valence-electron chi connectivity index (χ2n) is 5.22. The predicted molar refractivity (Wildman–Crippen MR) is 82.5 cm³/mol. The zero-order valence-corrected chi connectivity index (χ0v) is 12.8. The van der Waals surface area contributed by atoms with Gasteiger partial charge in [-0.3, -0.25) is 9.78 Å². The molecule has 0 aliphatic rings. The highest BCUT2D eigenvalue weighted by atomic mass is 19.4. The first-order chi connectivity index (χ1) is 11.1. The van der Waals surface area contributed by atoms with Gasteiger partial charge in [0.2, 0.25) is 0 Å². The number of hydrogen-bond donors (Lipinski definition) is 4. The second kappa shape index (κ2) is 6.34. The minimum Gasteiger partial charge on any atom is -0.480 e. The first-order valence-electron chi connectivity index (χ1n) is 6.92. The van der Waals surface area contributed by atoms with Crippen LogP contribution in [0.25, 0.3) is 0 Å². The maximum absolute atomic E-state index is 12.6. The van der Waals surface area contributed by atoms with E-state index in [0.29, 0.717) is 5.56 Å². The molecule has 24 heavy (non-hydrogen) atoms. The van der Waals surface area contributed by atoms with Crippen molar-refractivity contribution in [2.45, 2.75) is 26.1 Å². The molecule has 1 aromatic carbocycles. The highest BCUT2D eigenvalue weighted by molar-refractivity contribution is 6.00. The fraction of sp³-hybridized carbons (Fsp3) is 0.267. The number of H-pyrrole nitrogens is 1. The Morgan fingerprint density at radius 3 is 2.42 bits per heavy atom. The molecule has 1 heterocycles. The van der Waals surface area contributed by atoms with Crippen LogP contribution in [0.15, 0.2) is 29.1 Å². The Kier molecular flexibility index (Phi) is 4.63. The molecule has 0 amide bonds. The van der Waals surface area contributed by atoms with Crippen LogP contribution in [0, 0.1) is 5.41 Å². The van der Waals surface area contributed by atoms with Crippen LogP contribution in [0.3, 0.4) is 0 Å². The molecule has 0 spiro atoms. The summed E-state index contributed by atoms with van der Waals surface area (Å²) in [6.07, 6.45) is -4.42. The Balaban J connectivity index is 2.32. The molecule has 0 fully saturated rings. The van der Waals surface area contributed by atoms with Gasteiger partial charge in [0.1, 0.15) is 11.4 Å². The number of alkyl halides is 3. The van der Waals surface area contributed by atoms with Crippen LogP contribution in [0.4, 0.5) is 19.0 Å². The Morgan fingerprint density at radius 2 is 1.92 bits per heavy atom. The first-order valence-corrected chi connectivity index (χ1v) is 6.92. The minimum atomic E-state index is -4.42. The molecular weight excluding hydrogens is 325 g/mol. The topological polar surface area (TPSA) is 102 Å². The van der Waals surface area contributed by atoms with E-state index in [9.17, 15) is 23.1 Å². The lowest BCUT2D eigenvalue weighted by Gasteiger charge is -2.17. The SMILES string of the molecule is CC(=N)c1c(NC(C)c2ccc(C(F)(F)F)cc2)nc(O)[nH]c1=O. The Hall–Kier alpha value is -2.84. The largest absolute Gasteiger partial charge is 0.480 e. The number of nitrogens with zero attached hydrogens (tertiary/aromatic N) is 1. The molecule has 4 N–H and O–H groups in total. The lowest BCUT2D eigenvalue weighted by molar-refractivity contribution is -0.137. The third-order valence-electron chi connectivity index (χ3n) is 3.37. The van der Waals surface area contributed by atoms with Crippen molar-refractivity contribution < 1.29 is 18.3 Å². The van der Waals surface area contributed by atoms with Crippen LogP contribution >= 0.6 is 0 Å². The maximum Gasteiger partial charge on any atom is 0.416 e. The third-order valence-corrected chi connectivity index (χ3v) is 3.37. The predicted octanol–water partition coefficient (Wildman–Crippen LogP) is 3.06. The number of benzene rings is 1. The van der Waals surface area contributed by atoms with Crippen molar-refractivity contribution in [3.63, 3.8) is 0 Å². The van der Waals surface area contributed by atoms with Crippen LogP contribution in [-0.2, 0) is 6.18 Å². The van der Waals surface area contributed by atoms with Crippen LogP contribution in [0.5, 0.6) is 6.01 Å². The van der Waals surface area contributed by atoms with Gasteiger partial charge in [0.15, 0.2) is 0 Å². The van der Waals surface area contributed by atoms with Gasteiger partial charge in [0.05, 0.1) is 5.56 Å². The lowest BCUT2D eigenvalue weighted by Crippen LogP contribution is -2.22. The summed E-state index contributed by atoms with van der Waals surface area (Å²) >= 11 is 0. The second-order valence-corrected chi connectivity index (χ2v) is 5.22. The molecule has 1 unspecified atom stereocenters. The zero-order valence-electron chi connectivity index (χ0n) is 12.8. The fourth-order valence-corrected chi connectivity index (χ4v) is 2.16. The molecular formula is C15H15F3N4O2. The summed E-state index contributed by atoms with van der Waals surface area (Å²) in [7, 11) is 0. The molecule has 128 valence electrons. The molecule has 6 nitrogen and oxygen atoms in total. The van der Waals surface area contributed by atoms with Gasteiger partial charge >= 0.3 is 6.18 Å². The number of aromatic amines is 1. The molecule has 0 radical (unpaired) electrons. The van der Waals surface area contributed by atoms with E-state index in [2.05, 4.69) is 15.3 Å². The van der Waals surface area contributed by atoms with E-state index in [1.54, 1.807) is 6.92 Å². The lowest BCUT2D eigenvalue weighted by atomic mass is 10.1. The van der Waals surface area contributed by atoms with Gasteiger partial charge in [-0.2, -0.15) is 18.2 Å². The zero-order chi connectivity index (χ0) is 18.1. The highest BCUT2D eigenvalue weighted by Crippen LogP contribution is 2.30. The summed E-state index contributed by atoms with van der Waals surface area (Å²) in [4.78, 5) is 17.6. The number of rotatable bonds is 4. The van der Waals surface area contributed by atoms with Crippen molar-refractivity contribution in [1.82, 2.24) is 9.97 Å². The van der Waals surface area contributed by atoms with Gasteiger partial charge in [0, 0.05) is 11.8 Å². The Bertz CT molecular complexity index is 813. The van der Waals surface area contributed by atoms with Crippen molar-refractivity contribution in [3.8, 4) is 6.01 Å². The molecule has 0 aliphatic heterocycles. The summed E-state index contributed by atoms with van der Waals surface area (Å²) in [5, 5.41) is 19.9. The third kappa shape index (κ3) is 3.73. The molecule has 0 bridgehead atoms. The smallest absolute Gasteiger partial charge is 0.416 e. The normalized spacial score (nSPS) is 12.7. The van der Waals surface area contributed by atoms with Crippen molar-refractivity contribution in [2.24, 2.45) is 0 Å². The monoisotopic (exact) mass is 340 g/mol. The number of nitrogens with one attached hydrogen (secondary N) is 3. The van der Waals surface area contributed by atoms with E-state index < -0.39 is 29.4 Å². The standard InChI is InChI=1S/C15H15F3N4O2/c1-7(19)11-12(21-14(24)22-13(11)23)20-8(2)9-3-5-10(6-4-9)15(16,17)18/h3-6,8,19H,1-2H3,(H3,20,21,22,23,24). The Labute approximate surface area is 134 Å². The number of aromatic nitrogens is 2. The molecule has 1 aromatic heterocycles. The van der Waals surface area contributed by atoms with Crippen LogP contribution in [0.2, 0.25) is 0 Å². The van der Waals surface area contributed by atoms with E-state index in [-0.39, 0.29) is 17.1 Å². The fourth-order valence-electron chi connectivity index (χ4n) is 2.16. The summed E-state index contributed by atoms with van der Waals surface area (Å²) in [5.41, 5.74) is -1.03. The first kappa shape index (κ1) is 17.5. The molecule has 0 aliphatic carbocycles. The van der Waals surface area contributed by atoms with Crippen LogP contribution < -0.4 is 10.9 Å². The van der Waals surface area contributed by atoms with Crippen molar-refractivity contribution in [1.29, 1.82) is 5.41 Å². The number of aromatic hydroxyl groups is 1. The summed E-state index contributed by atoms with van der Waals surface area (Å²) in [6, 6.07) is 3.42. The van der Waals surface area contributed by atoms with Crippen molar-refractivity contribution in [2.75, 3.05) is 5.32 Å². The van der Waals surface area contributed by atoms with Crippen LogP contribution in [0.1, 0.15) is 36.6 Å². The van der Waals surface area contributed by atoms with Gasteiger partial charge < -0.3 is 15.8 Å². The van der Waals surface area contributed by atoms with E-state index in [1.807, 2.05) is 0 Å². The molecule has 2 rings (SSSR count). The van der Waals surface area contributed by atoms with Crippen molar-refractivity contribution >= 4 is 11.5 Å². The number of halogens is 3. The molecule has 1 atom stereocenters. The number of hydrogen-bond acceptors (Lipinski definition) is 5. The van der Waals surface area contributed by atoms with E-state index in [1.165, 1.54) is 19.1 Å². The highest BCUT2D eigenvalue weighted by Gasteiger charge is 2.30.